The predicted molar refractivity (Wildman–Crippen MR) is 97.0 cm³/mol. The lowest BCUT2D eigenvalue weighted by atomic mass is 10.2. The molecule has 9 heteroatoms. The Labute approximate surface area is 150 Å². The van der Waals surface area contributed by atoms with Gasteiger partial charge in [-0.15, -0.1) is 0 Å². The molecular weight excluding hydrogens is 360 g/mol. The molecule has 0 fully saturated rings. The predicted octanol–water partition coefficient (Wildman–Crippen LogP) is 3.26. The molecule has 3 aromatic rings. The Kier molecular flexibility index (Phi) is 4.61. The van der Waals surface area contributed by atoms with Crippen molar-refractivity contribution in [2.24, 2.45) is 0 Å². The fraction of sp³-hybridized carbons (Fsp3) is 0.188. The van der Waals surface area contributed by atoms with E-state index in [2.05, 4.69) is 15.4 Å². The van der Waals surface area contributed by atoms with E-state index in [1.165, 1.54) is 10.9 Å². The van der Waals surface area contributed by atoms with E-state index < -0.39 is 9.73 Å². The number of hydrogen-bond donors (Lipinski definition) is 2. The first kappa shape index (κ1) is 17.2. The zero-order chi connectivity index (χ0) is 18.0. The number of halogens is 1. The van der Waals surface area contributed by atoms with Crippen molar-refractivity contribution in [1.82, 2.24) is 14.8 Å². The molecule has 0 saturated carbocycles. The quantitative estimate of drug-likeness (QED) is 0.712. The van der Waals surface area contributed by atoms with Gasteiger partial charge in [-0.05, 0) is 23.8 Å². The fourth-order valence-corrected chi connectivity index (χ4v) is 3.37. The first-order valence-corrected chi connectivity index (χ1v) is 9.69. The lowest BCUT2D eigenvalue weighted by Crippen LogP contribution is -2.02. The molecule has 2 N–H and O–H groups in total. The molecule has 0 bridgehead atoms. The molecule has 2 aromatic heterocycles. The zero-order valence-electron chi connectivity index (χ0n) is 13.4. The second-order valence-electron chi connectivity index (χ2n) is 5.50. The van der Waals surface area contributed by atoms with Crippen LogP contribution in [0, 0.1) is 16.1 Å². The summed E-state index contributed by atoms with van der Waals surface area (Å²) in [6.45, 7) is 0.590. The Morgan fingerprint density at radius 1 is 1.36 bits per heavy atom. The average Bonchev–Trinajstić information content (AvgIpc) is 2.90. The van der Waals surface area contributed by atoms with E-state index in [1.807, 2.05) is 18.2 Å². The zero-order valence-corrected chi connectivity index (χ0v) is 14.9. The van der Waals surface area contributed by atoms with E-state index in [0.717, 1.165) is 11.3 Å². The van der Waals surface area contributed by atoms with Crippen LogP contribution in [0.25, 0.3) is 11.0 Å². The third-order valence-electron chi connectivity index (χ3n) is 3.67. The number of benzene rings is 1. The molecule has 128 valence electrons. The molecule has 0 radical (unpaired) electrons. The number of aromatic nitrogens is 3. The largest absolute Gasteiger partial charge is 0.380 e. The van der Waals surface area contributed by atoms with Gasteiger partial charge >= 0.3 is 0 Å². The van der Waals surface area contributed by atoms with Crippen LogP contribution in [-0.4, -0.2) is 25.2 Å². The van der Waals surface area contributed by atoms with Crippen LogP contribution in [-0.2, 0) is 22.8 Å². The van der Waals surface area contributed by atoms with Gasteiger partial charge in [0.25, 0.3) is 0 Å². The van der Waals surface area contributed by atoms with Crippen LogP contribution in [0.15, 0.2) is 41.4 Å². The summed E-state index contributed by atoms with van der Waals surface area (Å²) in [6.07, 6.45) is 3.03. The molecule has 0 amide bonds. The molecule has 0 aliphatic carbocycles. The second kappa shape index (κ2) is 6.70. The molecule has 1 aromatic carbocycles. The normalized spacial score (nSPS) is 13.3. The van der Waals surface area contributed by atoms with Crippen LogP contribution in [0.3, 0.4) is 0 Å². The molecule has 3 rings (SSSR count). The van der Waals surface area contributed by atoms with Crippen LogP contribution >= 0.6 is 11.6 Å². The summed E-state index contributed by atoms with van der Waals surface area (Å²) in [4.78, 5) is 4.75. The number of nitrogens with one attached hydrogen (secondary N) is 2. The van der Waals surface area contributed by atoms with E-state index in [4.69, 9.17) is 21.6 Å². The number of pyridine rings is 1. The summed E-state index contributed by atoms with van der Waals surface area (Å²) in [6, 6.07) is 10.9. The second-order valence-corrected chi connectivity index (χ2v) is 8.02. The number of anilines is 1. The first-order chi connectivity index (χ1) is 11.9. The van der Waals surface area contributed by atoms with Crippen LogP contribution < -0.4 is 5.32 Å². The van der Waals surface area contributed by atoms with Gasteiger partial charge < -0.3 is 5.32 Å². The topological polar surface area (TPSA) is 107 Å². The Balaban J connectivity index is 1.85. The van der Waals surface area contributed by atoms with E-state index >= 15 is 0 Å². The van der Waals surface area contributed by atoms with E-state index in [9.17, 15) is 4.21 Å². The maximum absolute atomic E-state index is 11.7. The van der Waals surface area contributed by atoms with Gasteiger partial charge in [0, 0.05) is 23.9 Å². The summed E-state index contributed by atoms with van der Waals surface area (Å²) in [5.41, 5.74) is 2.28. The summed E-state index contributed by atoms with van der Waals surface area (Å²) >= 11 is 6.20. The highest BCUT2D eigenvalue weighted by Gasteiger charge is 2.14. The highest BCUT2D eigenvalue weighted by atomic mass is 35.5. The van der Waals surface area contributed by atoms with Crippen molar-refractivity contribution in [3.05, 3.63) is 47.2 Å². The molecule has 1 atom stereocenters. The van der Waals surface area contributed by atoms with Crippen molar-refractivity contribution in [2.75, 3.05) is 11.6 Å². The van der Waals surface area contributed by atoms with Gasteiger partial charge in [0.2, 0.25) is 0 Å². The van der Waals surface area contributed by atoms with E-state index in [0.29, 0.717) is 22.5 Å². The number of hydrogen-bond acceptors (Lipinski definition) is 6. The van der Waals surface area contributed by atoms with E-state index in [-0.39, 0.29) is 11.7 Å². The van der Waals surface area contributed by atoms with Crippen molar-refractivity contribution >= 4 is 38.1 Å². The van der Waals surface area contributed by atoms with Crippen LogP contribution in [0.2, 0.25) is 5.15 Å². The Bertz CT molecular complexity index is 1070. The standard InChI is InChI=1S/C16H15ClN6OS/c1-25(19,24)12-4-2-11(3-5-12)10-21-13-6-8-20-16-14(13)15(17)22-23(16)9-7-18/h2-6,8,19H,9-10H2,1H3,(H,20,21)/t25-/m1/s1. The van der Waals surface area contributed by atoms with Crippen molar-refractivity contribution in [3.8, 4) is 6.07 Å². The number of fused-ring (bicyclic) bond motifs is 1. The number of nitriles is 1. The Hall–Kier alpha value is -2.63. The van der Waals surface area contributed by atoms with Crippen molar-refractivity contribution in [3.63, 3.8) is 0 Å². The van der Waals surface area contributed by atoms with Crippen molar-refractivity contribution in [2.45, 2.75) is 18.0 Å². The Morgan fingerprint density at radius 2 is 2.08 bits per heavy atom. The minimum absolute atomic E-state index is 0.0740. The Morgan fingerprint density at radius 3 is 2.72 bits per heavy atom. The van der Waals surface area contributed by atoms with Crippen LogP contribution in [0.4, 0.5) is 5.69 Å². The van der Waals surface area contributed by atoms with Gasteiger partial charge in [0.05, 0.1) is 26.9 Å². The third kappa shape index (κ3) is 3.57. The van der Waals surface area contributed by atoms with E-state index in [1.54, 1.807) is 24.4 Å². The maximum Gasteiger partial charge on any atom is 0.162 e. The van der Waals surface area contributed by atoms with Gasteiger partial charge in [-0.1, -0.05) is 23.7 Å². The van der Waals surface area contributed by atoms with Crippen LogP contribution in [0.5, 0.6) is 0 Å². The molecule has 0 spiro atoms. The van der Waals surface area contributed by atoms with Gasteiger partial charge in [-0.25, -0.2) is 18.7 Å². The summed E-state index contributed by atoms with van der Waals surface area (Å²) in [7, 11) is -2.71. The summed E-state index contributed by atoms with van der Waals surface area (Å²) in [5, 5.41) is 17.2. The third-order valence-corrected chi connectivity index (χ3v) is 5.10. The molecule has 2 heterocycles. The minimum atomic E-state index is -2.71. The fourth-order valence-electron chi connectivity index (χ4n) is 2.44. The smallest absolute Gasteiger partial charge is 0.162 e. The average molecular weight is 375 g/mol. The lowest BCUT2D eigenvalue weighted by molar-refractivity contribution is 0.679. The molecule has 0 saturated heterocycles. The SMILES string of the molecule is C[S@@](=N)(=O)c1ccc(CNc2ccnc3c2c(Cl)nn3CC#N)cc1. The molecule has 0 aliphatic heterocycles. The minimum Gasteiger partial charge on any atom is -0.380 e. The highest BCUT2D eigenvalue weighted by molar-refractivity contribution is 7.91. The highest BCUT2D eigenvalue weighted by Crippen LogP contribution is 2.29. The molecule has 25 heavy (non-hydrogen) atoms. The molecular formula is C16H15ClN6OS. The lowest BCUT2D eigenvalue weighted by Gasteiger charge is -2.09. The van der Waals surface area contributed by atoms with Gasteiger partial charge in [0.1, 0.15) is 6.54 Å². The van der Waals surface area contributed by atoms with Gasteiger partial charge in [-0.2, -0.15) is 10.4 Å². The molecule has 7 nitrogen and oxygen atoms in total. The monoisotopic (exact) mass is 374 g/mol. The number of rotatable bonds is 5. The van der Waals surface area contributed by atoms with Crippen molar-refractivity contribution < 1.29 is 4.21 Å². The van der Waals surface area contributed by atoms with Gasteiger partial charge in [0.15, 0.2) is 10.8 Å². The maximum atomic E-state index is 11.7. The van der Waals surface area contributed by atoms with Crippen molar-refractivity contribution in [1.29, 1.82) is 10.0 Å². The first-order valence-electron chi connectivity index (χ1n) is 7.35. The van der Waals surface area contributed by atoms with Crippen LogP contribution in [0.1, 0.15) is 5.56 Å². The summed E-state index contributed by atoms with van der Waals surface area (Å²) < 4.78 is 20.8. The summed E-state index contributed by atoms with van der Waals surface area (Å²) in [5.74, 6) is 0. The molecule has 0 aliphatic rings. The molecule has 0 unspecified atom stereocenters. The number of nitrogens with zero attached hydrogens (tertiary/aromatic N) is 4. The van der Waals surface area contributed by atoms with Gasteiger partial charge in [-0.3, -0.25) is 0 Å².